The maximum atomic E-state index is 14.0. The average molecular weight is 575 g/mol. The Morgan fingerprint density at radius 2 is 1.58 bits per heavy atom. The predicted molar refractivity (Wildman–Crippen MR) is 170 cm³/mol. The summed E-state index contributed by atoms with van der Waals surface area (Å²) in [5, 5.41) is 0. The van der Waals surface area contributed by atoms with Crippen molar-refractivity contribution in [2.45, 2.75) is 63.8 Å². The smallest absolute Gasteiger partial charge is 0.416 e. The van der Waals surface area contributed by atoms with Crippen LogP contribution in [0.1, 0.15) is 69.1 Å². The van der Waals surface area contributed by atoms with Crippen molar-refractivity contribution in [1.82, 2.24) is 4.90 Å². The third kappa shape index (κ3) is 5.09. The SMILES string of the molecule is COC(=O)[C@@H]1C[C@@]2(C/C=C(\C)CCC=C(C)C)C(=Nc3ccccc32)N1C(=O)OCC1c2ccccc2-c2ccccc21. The molecule has 0 bridgehead atoms. The van der Waals surface area contributed by atoms with Gasteiger partial charge in [-0.05, 0) is 80.3 Å². The Morgan fingerprint density at radius 3 is 2.26 bits per heavy atom. The summed E-state index contributed by atoms with van der Waals surface area (Å²) in [5.74, 6) is 0.00999. The van der Waals surface area contributed by atoms with Gasteiger partial charge < -0.3 is 9.47 Å². The van der Waals surface area contributed by atoms with E-state index in [-0.39, 0.29) is 12.5 Å². The highest BCUT2D eigenvalue weighted by Crippen LogP contribution is 2.52. The Bertz CT molecular complexity index is 1620. The van der Waals surface area contributed by atoms with Crippen LogP contribution in [0.3, 0.4) is 0 Å². The number of amides is 1. The molecule has 3 aromatic carbocycles. The standard InChI is InChI=1S/C37H38N2O4/c1-24(2)12-11-13-25(3)20-21-37-22-33(34(40)42-4)39(35(37)38-32-19-10-9-18-31(32)37)36(41)43-23-30-28-16-7-5-14-26(28)27-15-6-8-17-29(27)30/h5-10,12,14-20,30,33H,11,13,21-23H2,1-4H3/b25-20+/t33-,37+/m0/s1. The minimum atomic E-state index is -0.827. The molecule has 6 rings (SSSR count). The van der Waals surface area contributed by atoms with Gasteiger partial charge in [0, 0.05) is 5.92 Å². The highest BCUT2D eigenvalue weighted by Gasteiger charge is 2.58. The molecule has 3 aromatic rings. The number of carbonyl (C=O) groups excluding carboxylic acids is 2. The van der Waals surface area contributed by atoms with Gasteiger partial charge in [-0.25, -0.2) is 19.5 Å². The first-order valence-electron chi connectivity index (χ1n) is 15.0. The van der Waals surface area contributed by atoms with Crippen LogP contribution < -0.4 is 0 Å². The number of carbonyl (C=O) groups is 2. The van der Waals surface area contributed by atoms with Crippen molar-refractivity contribution >= 4 is 23.6 Å². The van der Waals surface area contributed by atoms with Crippen LogP contribution in [0.25, 0.3) is 11.1 Å². The average Bonchev–Trinajstić information content (AvgIpc) is 3.63. The molecular weight excluding hydrogens is 536 g/mol. The quantitative estimate of drug-likeness (QED) is 0.201. The van der Waals surface area contributed by atoms with Gasteiger partial charge in [0.1, 0.15) is 18.5 Å². The number of aliphatic imine (C=N–C) groups is 1. The van der Waals surface area contributed by atoms with E-state index in [0.717, 1.165) is 46.3 Å². The summed E-state index contributed by atoms with van der Waals surface area (Å²) in [4.78, 5) is 33.7. The van der Waals surface area contributed by atoms with E-state index in [2.05, 4.69) is 63.3 Å². The zero-order valence-corrected chi connectivity index (χ0v) is 25.3. The second-order valence-electron chi connectivity index (χ2n) is 12.0. The first-order valence-corrected chi connectivity index (χ1v) is 15.0. The first kappa shape index (κ1) is 28.7. The molecule has 0 aromatic heterocycles. The van der Waals surface area contributed by atoms with E-state index in [1.54, 1.807) is 0 Å². The predicted octanol–water partition coefficient (Wildman–Crippen LogP) is 8.25. The number of para-hydroxylation sites is 1. The van der Waals surface area contributed by atoms with Crippen molar-refractivity contribution < 1.29 is 19.1 Å². The molecule has 2 aliphatic heterocycles. The Balaban J connectivity index is 1.30. The van der Waals surface area contributed by atoms with E-state index < -0.39 is 23.5 Å². The molecule has 1 saturated heterocycles. The zero-order chi connectivity index (χ0) is 30.1. The maximum absolute atomic E-state index is 14.0. The van der Waals surface area contributed by atoms with Gasteiger partial charge in [0.2, 0.25) is 0 Å². The summed E-state index contributed by atoms with van der Waals surface area (Å²) in [5.41, 5.74) is 8.40. The normalized spacial score (nSPS) is 20.1. The van der Waals surface area contributed by atoms with Gasteiger partial charge in [-0.2, -0.15) is 0 Å². The molecule has 0 N–H and O–H groups in total. The molecule has 1 amide bonds. The molecule has 0 unspecified atom stereocenters. The van der Waals surface area contributed by atoms with Crippen molar-refractivity contribution in [2.75, 3.05) is 13.7 Å². The Labute approximate surface area is 253 Å². The van der Waals surface area contributed by atoms with Gasteiger partial charge in [-0.3, -0.25) is 0 Å². The molecule has 6 nitrogen and oxygen atoms in total. The maximum Gasteiger partial charge on any atom is 0.416 e. The van der Waals surface area contributed by atoms with Crippen LogP contribution in [-0.2, 0) is 19.7 Å². The molecule has 220 valence electrons. The highest BCUT2D eigenvalue weighted by molar-refractivity contribution is 6.12. The summed E-state index contributed by atoms with van der Waals surface area (Å²) in [6, 6.07) is 23.6. The number of methoxy groups -OCH3 is 1. The molecule has 2 heterocycles. The van der Waals surface area contributed by atoms with Crippen LogP contribution in [0.2, 0.25) is 0 Å². The number of benzene rings is 3. The van der Waals surface area contributed by atoms with Crippen LogP contribution in [-0.4, -0.2) is 42.6 Å². The number of nitrogens with zero attached hydrogens (tertiary/aromatic N) is 2. The number of hydrogen-bond acceptors (Lipinski definition) is 5. The molecule has 1 aliphatic carbocycles. The Kier molecular flexibility index (Phi) is 7.78. The molecule has 0 saturated carbocycles. The van der Waals surface area contributed by atoms with E-state index in [0.29, 0.717) is 18.7 Å². The summed E-state index contributed by atoms with van der Waals surface area (Å²) in [6.07, 6.45) is 6.86. The van der Waals surface area contributed by atoms with Crippen LogP contribution in [0, 0.1) is 0 Å². The number of hydrogen-bond donors (Lipinski definition) is 0. The topological polar surface area (TPSA) is 68.2 Å². The molecule has 0 spiro atoms. The molecule has 43 heavy (non-hydrogen) atoms. The second kappa shape index (κ2) is 11.7. The lowest BCUT2D eigenvalue weighted by molar-refractivity contribution is -0.144. The van der Waals surface area contributed by atoms with Crippen LogP contribution in [0.4, 0.5) is 10.5 Å². The molecule has 0 radical (unpaired) electrons. The third-order valence-corrected chi connectivity index (χ3v) is 9.05. The lowest BCUT2D eigenvalue weighted by Gasteiger charge is -2.26. The van der Waals surface area contributed by atoms with Crippen molar-refractivity contribution in [2.24, 2.45) is 4.99 Å². The monoisotopic (exact) mass is 574 g/mol. The summed E-state index contributed by atoms with van der Waals surface area (Å²) < 4.78 is 11.3. The van der Waals surface area contributed by atoms with Gasteiger partial charge in [0.05, 0.1) is 18.2 Å². The number of rotatable bonds is 8. The molecular formula is C37H38N2O4. The fourth-order valence-electron chi connectivity index (χ4n) is 6.90. The van der Waals surface area contributed by atoms with Crippen molar-refractivity contribution in [3.63, 3.8) is 0 Å². The van der Waals surface area contributed by atoms with E-state index >= 15 is 0 Å². The lowest BCUT2D eigenvalue weighted by Crippen LogP contribution is -2.45. The van der Waals surface area contributed by atoms with Gasteiger partial charge in [-0.15, -0.1) is 0 Å². The minimum Gasteiger partial charge on any atom is -0.467 e. The van der Waals surface area contributed by atoms with Gasteiger partial charge in [0.25, 0.3) is 0 Å². The second-order valence-corrected chi connectivity index (χ2v) is 12.0. The van der Waals surface area contributed by atoms with E-state index in [1.807, 2.05) is 42.5 Å². The number of likely N-dealkylation sites (tertiary alicyclic amines) is 1. The first-order chi connectivity index (χ1) is 20.8. The molecule has 1 fully saturated rings. The summed E-state index contributed by atoms with van der Waals surface area (Å²) in [7, 11) is 1.36. The van der Waals surface area contributed by atoms with Gasteiger partial charge in [-0.1, -0.05) is 90.0 Å². The van der Waals surface area contributed by atoms with E-state index in [9.17, 15) is 9.59 Å². The summed E-state index contributed by atoms with van der Waals surface area (Å²) in [6.45, 7) is 6.52. The van der Waals surface area contributed by atoms with Crippen molar-refractivity contribution in [3.05, 3.63) is 113 Å². The number of ether oxygens (including phenoxy) is 2. The fourth-order valence-corrected chi connectivity index (χ4v) is 6.90. The molecule has 2 atom stereocenters. The van der Waals surface area contributed by atoms with E-state index in [1.165, 1.54) is 23.2 Å². The molecule has 3 aliphatic rings. The summed E-state index contributed by atoms with van der Waals surface area (Å²) >= 11 is 0. The number of fused-ring (bicyclic) bond motifs is 6. The van der Waals surface area contributed by atoms with Gasteiger partial charge in [0.15, 0.2) is 0 Å². The number of amidine groups is 1. The number of allylic oxidation sites excluding steroid dienone is 4. The van der Waals surface area contributed by atoms with Gasteiger partial charge >= 0.3 is 12.1 Å². The van der Waals surface area contributed by atoms with Crippen molar-refractivity contribution in [1.29, 1.82) is 0 Å². The minimum absolute atomic E-state index is 0.0885. The fraction of sp³-hybridized carbons (Fsp3) is 0.324. The Hall–Kier alpha value is -4.45. The lowest BCUT2D eigenvalue weighted by atomic mass is 9.75. The van der Waals surface area contributed by atoms with Crippen LogP contribution in [0.15, 0.2) is 101 Å². The van der Waals surface area contributed by atoms with E-state index in [4.69, 9.17) is 14.5 Å². The Morgan fingerprint density at radius 1 is 0.930 bits per heavy atom. The largest absolute Gasteiger partial charge is 0.467 e. The highest BCUT2D eigenvalue weighted by atomic mass is 16.6. The van der Waals surface area contributed by atoms with Crippen molar-refractivity contribution in [3.8, 4) is 11.1 Å². The van der Waals surface area contributed by atoms with Crippen LogP contribution >= 0.6 is 0 Å². The molecule has 6 heteroatoms. The third-order valence-electron chi connectivity index (χ3n) is 9.05. The number of esters is 1. The zero-order valence-electron chi connectivity index (χ0n) is 25.3. The van der Waals surface area contributed by atoms with Crippen LogP contribution in [0.5, 0.6) is 0 Å².